The van der Waals surface area contributed by atoms with Gasteiger partial charge in [0.25, 0.3) is 0 Å². The summed E-state index contributed by atoms with van der Waals surface area (Å²) < 4.78 is 5.76. The Morgan fingerprint density at radius 2 is 1.89 bits per heavy atom. The smallest absolute Gasteiger partial charge is 0.125 e. The van der Waals surface area contributed by atoms with E-state index in [1.807, 2.05) is 24.3 Å². The van der Waals surface area contributed by atoms with Crippen LogP contribution in [0.2, 0.25) is 0 Å². The largest absolute Gasteiger partial charge is 0.493 e. The molecular formula is C17H26O2. The molecule has 1 aromatic carbocycles. The zero-order valence-electron chi connectivity index (χ0n) is 12.1. The van der Waals surface area contributed by atoms with E-state index in [9.17, 15) is 5.11 Å². The van der Waals surface area contributed by atoms with Crippen molar-refractivity contribution in [3.63, 3.8) is 0 Å². The van der Waals surface area contributed by atoms with E-state index in [0.29, 0.717) is 12.5 Å². The van der Waals surface area contributed by atoms with Crippen molar-refractivity contribution >= 4 is 0 Å². The summed E-state index contributed by atoms with van der Waals surface area (Å²) in [5, 5.41) is 10.6. The molecule has 1 aliphatic carbocycles. The summed E-state index contributed by atoms with van der Waals surface area (Å²) in [6.07, 6.45) is 5.35. The third-order valence-electron chi connectivity index (χ3n) is 4.21. The quantitative estimate of drug-likeness (QED) is 0.855. The highest BCUT2D eigenvalue weighted by Gasteiger charge is 2.27. The first-order chi connectivity index (χ1) is 9.22. The lowest BCUT2D eigenvalue weighted by molar-refractivity contribution is 0.0727. The number of hydrogen-bond donors (Lipinski definition) is 1. The molecule has 0 aromatic heterocycles. The van der Waals surface area contributed by atoms with Crippen LogP contribution < -0.4 is 4.74 Å². The molecule has 106 valence electrons. The standard InChI is InChI=1S/C17H26O2/c1-3-12-19-16-7-5-4-6-15(16)17(18)14-10-8-13(2)9-11-14/h4-7,13-14,17-18H,3,8-12H2,1-2H3. The maximum absolute atomic E-state index is 10.6. The van der Waals surface area contributed by atoms with Gasteiger partial charge in [-0.3, -0.25) is 0 Å². The van der Waals surface area contributed by atoms with E-state index in [1.54, 1.807) is 0 Å². The Balaban J connectivity index is 2.07. The first-order valence-corrected chi connectivity index (χ1v) is 7.62. The van der Waals surface area contributed by atoms with Crippen molar-refractivity contribution in [2.24, 2.45) is 11.8 Å². The summed E-state index contributed by atoms with van der Waals surface area (Å²) in [5.74, 6) is 2.06. The SMILES string of the molecule is CCCOc1ccccc1C(O)C1CCC(C)CC1. The third-order valence-corrected chi connectivity index (χ3v) is 4.21. The molecule has 1 N–H and O–H groups in total. The van der Waals surface area contributed by atoms with Gasteiger partial charge in [-0.15, -0.1) is 0 Å². The Labute approximate surface area is 116 Å². The lowest BCUT2D eigenvalue weighted by Crippen LogP contribution is -2.20. The minimum atomic E-state index is -0.374. The van der Waals surface area contributed by atoms with Crippen LogP contribution in [0.25, 0.3) is 0 Å². The van der Waals surface area contributed by atoms with Crippen LogP contribution in [-0.4, -0.2) is 11.7 Å². The van der Waals surface area contributed by atoms with Crippen molar-refractivity contribution in [1.29, 1.82) is 0 Å². The van der Waals surface area contributed by atoms with Gasteiger partial charge >= 0.3 is 0 Å². The number of aliphatic hydroxyl groups excluding tert-OH is 1. The van der Waals surface area contributed by atoms with Gasteiger partial charge in [-0.1, -0.05) is 44.9 Å². The molecule has 1 saturated carbocycles. The predicted octanol–water partition coefficient (Wildman–Crippen LogP) is 4.34. The van der Waals surface area contributed by atoms with Crippen molar-refractivity contribution in [1.82, 2.24) is 0 Å². The maximum Gasteiger partial charge on any atom is 0.125 e. The Bertz CT molecular complexity index is 381. The van der Waals surface area contributed by atoms with E-state index < -0.39 is 0 Å². The van der Waals surface area contributed by atoms with Crippen LogP contribution in [0.1, 0.15) is 57.6 Å². The normalized spacial score (nSPS) is 25.0. The van der Waals surface area contributed by atoms with Crippen molar-refractivity contribution in [2.45, 2.75) is 52.1 Å². The molecule has 0 heterocycles. The lowest BCUT2D eigenvalue weighted by atomic mass is 9.78. The number of aliphatic hydroxyl groups is 1. The zero-order valence-corrected chi connectivity index (χ0v) is 12.1. The van der Waals surface area contributed by atoms with Crippen LogP contribution in [-0.2, 0) is 0 Å². The fourth-order valence-electron chi connectivity index (χ4n) is 2.92. The van der Waals surface area contributed by atoms with Gasteiger partial charge in [0.05, 0.1) is 12.7 Å². The molecule has 0 amide bonds. The molecule has 0 bridgehead atoms. The fourth-order valence-corrected chi connectivity index (χ4v) is 2.92. The van der Waals surface area contributed by atoms with Crippen LogP contribution in [0.4, 0.5) is 0 Å². The van der Waals surface area contributed by atoms with Crippen LogP contribution in [0.3, 0.4) is 0 Å². The van der Waals surface area contributed by atoms with Crippen molar-refractivity contribution in [3.05, 3.63) is 29.8 Å². The topological polar surface area (TPSA) is 29.5 Å². The average Bonchev–Trinajstić information content (AvgIpc) is 2.45. The first kappa shape index (κ1) is 14.4. The van der Waals surface area contributed by atoms with E-state index in [0.717, 1.165) is 36.5 Å². The third kappa shape index (κ3) is 3.73. The van der Waals surface area contributed by atoms with Gasteiger partial charge < -0.3 is 9.84 Å². The summed E-state index contributed by atoms with van der Waals surface area (Å²) in [4.78, 5) is 0. The predicted molar refractivity (Wildman–Crippen MR) is 78.3 cm³/mol. The number of ether oxygens (including phenoxy) is 1. The van der Waals surface area contributed by atoms with Gasteiger partial charge in [-0.25, -0.2) is 0 Å². The highest BCUT2D eigenvalue weighted by atomic mass is 16.5. The van der Waals surface area contributed by atoms with E-state index in [-0.39, 0.29) is 6.10 Å². The maximum atomic E-state index is 10.6. The second kappa shape index (κ2) is 6.95. The Morgan fingerprint density at radius 3 is 2.58 bits per heavy atom. The molecule has 1 fully saturated rings. The monoisotopic (exact) mass is 262 g/mol. The van der Waals surface area contributed by atoms with E-state index >= 15 is 0 Å². The molecule has 1 aromatic rings. The Hall–Kier alpha value is -1.02. The van der Waals surface area contributed by atoms with E-state index in [1.165, 1.54) is 12.8 Å². The van der Waals surface area contributed by atoms with Gasteiger partial charge in [0.2, 0.25) is 0 Å². The minimum absolute atomic E-state index is 0.374. The molecule has 1 atom stereocenters. The molecule has 1 aliphatic rings. The van der Waals surface area contributed by atoms with Gasteiger partial charge in [0.15, 0.2) is 0 Å². The van der Waals surface area contributed by atoms with Crippen molar-refractivity contribution in [2.75, 3.05) is 6.61 Å². The summed E-state index contributed by atoms with van der Waals surface area (Å²) in [6, 6.07) is 7.94. The number of para-hydroxylation sites is 1. The minimum Gasteiger partial charge on any atom is -0.493 e. The molecule has 0 saturated heterocycles. The van der Waals surface area contributed by atoms with Crippen LogP contribution in [0.15, 0.2) is 24.3 Å². The first-order valence-electron chi connectivity index (χ1n) is 7.62. The molecule has 0 radical (unpaired) electrons. The molecule has 0 spiro atoms. The average molecular weight is 262 g/mol. The number of benzene rings is 1. The molecule has 0 aliphatic heterocycles. The molecule has 19 heavy (non-hydrogen) atoms. The highest BCUT2D eigenvalue weighted by Crippen LogP contribution is 2.39. The van der Waals surface area contributed by atoms with Gasteiger partial charge in [-0.05, 0) is 37.2 Å². The van der Waals surface area contributed by atoms with Gasteiger partial charge in [-0.2, -0.15) is 0 Å². The van der Waals surface area contributed by atoms with Crippen LogP contribution in [0.5, 0.6) is 5.75 Å². The van der Waals surface area contributed by atoms with E-state index in [2.05, 4.69) is 13.8 Å². The van der Waals surface area contributed by atoms with Crippen molar-refractivity contribution in [3.8, 4) is 5.75 Å². The summed E-state index contributed by atoms with van der Waals surface area (Å²) >= 11 is 0. The molecular weight excluding hydrogens is 236 g/mol. The summed E-state index contributed by atoms with van der Waals surface area (Å²) in [5.41, 5.74) is 0.968. The van der Waals surface area contributed by atoms with Gasteiger partial charge in [0.1, 0.15) is 5.75 Å². The number of hydrogen-bond acceptors (Lipinski definition) is 2. The van der Waals surface area contributed by atoms with Gasteiger partial charge in [0, 0.05) is 5.56 Å². The summed E-state index contributed by atoms with van der Waals surface area (Å²) in [6.45, 7) is 5.12. The summed E-state index contributed by atoms with van der Waals surface area (Å²) in [7, 11) is 0. The van der Waals surface area contributed by atoms with Crippen LogP contribution in [0, 0.1) is 11.8 Å². The highest BCUT2D eigenvalue weighted by molar-refractivity contribution is 5.35. The molecule has 2 nitrogen and oxygen atoms in total. The second-order valence-electron chi connectivity index (χ2n) is 5.85. The van der Waals surface area contributed by atoms with Crippen LogP contribution >= 0.6 is 0 Å². The fraction of sp³-hybridized carbons (Fsp3) is 0.647. The molecule has 2 heteroatoms. The zero-order chi connectivity index (χ0) is 13.7. The van der Waals surface area contributed by atoms with E-state index in [4.69, 9.17) is 4.74 Å². The number of rotatable bonds is 5. The Morgan fingerprint density at radius 1 is 1.21 bits per heavy atom. The lowest BCUT2D eigenvalue weighted by Gasteiger charge is -2.30. The molecule has 2 rings (SSSR count). The second-order valence-corrected chi connectivity index (χ2v) is 5.85. The molecule has 1 unspecified atom stereocenters. The van der Waals surface area contributed by atoms with Crippen molar-refractivity contribution < 1.29 is 9.84 Å². The Kier molecular flexibility index (Phi) is 5.26.